The van der Waals surface area contributed by atoms with Crippen molar-refractivity contribution in [3.05, 3.63) is 42.7 Å². The minimum absolute atomic E-state index is 0.0995. The summed E-state index contributed by atoms with van der Waals surface area (Å²) in [5.74, 6) is 0.0995. The molecule has 1 nitrogen and oxygen atoms in total. The van der Waals surface area contributed by atoms with E-state index in [2.05, 4.69) is 15.9 Å². The highest BCUT2D eigenvalue weighted by Crippen LogP contribution is 2.25. The van der Waals surface area contributed by atoms with Gasteiger partial charge in [-0.25, -0.2) is 0 Å². The van der Waals surface area contributed by atoms with E-state index in [1.54, 1.807) is 11.3 Å². The molecule has 2 aromatic rings. The van der Waals surface area contributed by atoms with Gasteiger partial charge in [-0.15, -0.1) is 11.3 Å². The van der Waals surface area contributed by atoms with Crippen LogP contribution in [0.1, 0.15) is 20.8 Å². The van der Waals surface area contributed by atoms with Gasteiger partial charge in [-0.05, 0) is 28.9 Å². The Bertz CT molecular complexity index is 470. The number of carbonyl (C=O) groups is 1. The van der Waals surface area contributed by atoms with E-state index < -0.39 is 0 Å². The van der Waals surface area contributed by atoms with Crippen LogP contribution in [0.4, 0.5) is 0 Å². The molecule has 0 atom stereocenters. The molecule has 0 aliphatic carbocycles. The second kappa shape index (κ2) is 3.96. The molecule has 0 aliphatic heterocycles. The molecule has 0 aromatic carbocycles. The van der Waals surface area contributed by atoms with Crippen LogP contribution in [0, 0.1) is 6.92 Å². The number of rotatable bonds is 2. The second-order valence-corrected chi connectivity index (χ2v) is 5.62. The number of hydrogen-bond acceptors (Lipinski definition) is 3. The van der Waals surface area contributed by atoms with Crippen molar-refractivity contribution in [3.63, 3.8) is 0 Å². The van der Waals surface area contributed by atoms with Gasteiger partial charge in [0.15, 0.2) is 5.78 Å². The topological polar surface area (TPSA) is 17.1 Å². The molecule has 0 radical (unpaired) electrons. The molecule has 2 rings (SSSR count). The fraction of sp³-hybridized carbons (Fsp3) is 0.100. The fourth-order valence-electron chi connectivity index (χ4n) is 1.16. The molecule has 0 unspecified atom stereocenters. The van der Waals surface area contributed by atoms with E-state index in [1.165, 1.54) is 16.2 Å². The maximum Gasteiger partial charge on any atom is 0.195 e. The van der Waals surface area contributed by atoms with Crippen LogP contribution in [-0.4, -0.2) is 5.78 Å². The lowest BCUT2D eigenvalue weighted by atomic mass is 10.1. The summed E-state index contributed by atoms with van der Waals surface area (Å²) in [5.41, 5.74) is 1.54. The Morgan fingerprint density at radius 3 is 2.64 bits per heavy atom. The van der Waals surface area contributed by atoms with Gasteiger partial charge in [0, 0.05) is 36.6 Å². The van der Waals surface area contributed by atoms with E-state index in [0.717, 1.165) is 15.6 Å². The zero-order valence-corrected chi connectivity index (χ0v) is 10.6. The first kappa shape index (κ1) is 10.1. The van der Waals surface area contributed by atoms with Crippen LogP contribution in [0.3, 0.4) is 0 Å². The molecular weight excluding hydrogens is 280 g/mol. The van der Waals surface area contributed by atoms with Gasteiger partial charge in [0.1, 0.15) is 0 Å². The molecule has 0 aliphatic rings. The molecule has 2 heterocycles. The van der Waals surface area contributed by atoms with Gasteiger partial charge in [-0.3, -0.25) is 4.79 Å². The summed E-state index contributed by atoms with van der Waals surface area (Å²) in [6, 6.07) is 1.93. The van der Waals surface area contributed by atoms with E-state index in [0.29, 0.717) is 0 Å². The Morgan fingerprint density at radius 2 is 2.14 bits per heavy atom. The SMILES string of the molecule is Cc1cc(C(=O)c2cscc2Br)cs1. The first-order valence-electron chi connectivity index (χ1n) is 4.00. The lowest BCUT2D eigenvalue weighted by molar-refractivity contribution is 0.103. The van der Waals surface area contributed by atoms with E-state index in [4.69, 9.17) is 0 Å². The smallest absolute Gasteiger partial charge is 0.195 e. The summed E-state index contributed by atoms with van der Waals surface area (Å²) >= 11 is 6.50. The molecule has 0 saturated carbocycles. The first-order valence-corrected chi connectivity index (χ1v) is 6.61. The van der Waals surface area contributed by atoms with Crippen LogP contribution in [-0.2, 0) is 0 Å². The van der Waals surface area contributed by atoms with Crippen molar-refractivity contribution in [1.82, 2.24) is 0 Å². The molecule has 4 heteroatoms. The van der Waals surface area contributed by atoms with Crippen molar-refractivity contribution in [3.8, 4) is 0 Å². The number of halogens is 1. The molecule has 2 aromatic heterocycles. The zero-order chi connectivity index (χ0) is 10.1. The predicted molar refractivity (Wildman–Crippen MR) is 64.5 cm³/mol. The third-order valence-electron chi connectivity index (χ3n) is 1.85. The van der Waals surface area contributed by atoms with Crippen molar-refractivity contribution in [1.29, 1.82) is 0 Å². The van der Waals surface area contributed by atoms with Crippen molar-refractivity contribution in [2.45, 2.75) is 6.92 Å². The van der Waals surface area contributed by atoms with Gasteiger partial charge in [0.05, 0.1) is 0 Å². The zero-order valence-electron chi connectivity index (χ0n) is 7.41. The van der Waals surface area contributed by atoms with Gasteiger partial charge in [0.2, 0.25) is 0 Å². The molecule has 0 saturated heterocycles. The van der Waals surface area contributed by atoms with E-state index >= 15 is 0 Å². The summed E-state index contributed by atoms with van der Waals surface area (Å²) in [4.78, 5) is 13.1. The number of ketones is 1. The molecule has 0 spiro atoms. The highest BCUT2D eigenvalue weighted by molar-refractivity contribution is 9.10. The number of thiophene rings is 2. The highest BCUT2D eigenvalue weighted by Gasteiger charge is 2.14. The van der Waals surface area contributed by atoms with Gasteiger partial charge >= 0.3 is 0 Å². The molecule has 0 bridgehead atoms. The van der Waals surface area contributed by atoms with E-state index in [1.807, 2.05) is 29.1 Å². The maximum atomic E-state index is 11.9. The second-order valence-electron chi connectivity index (χ2n) is 2.91. The summed E-state index contributed by atoms with van der Waals surface area (Å²) < 4.78 is 0.886. The molecule has 0 fully saturated rings. The summed E-state index contributed by atoms with van der Waals surface area (Å²) in [6.45, 7) is 2.00. The number of aryl methyl sites for hydroxylation is 1. The summed E-state index contributed by atoms with van der Waals surface area (Å²) in [7, 11) is 0. The Labute approximate surface area is 98.5 Å². The first-order chi connectivity index (χ1) is 6.68. The maximum absolute atomic E-state index is 11.9. The van der Waals surface area contributed by atoms with Gasteiger partial charge in [0.25, 0.3) is 0 Å². The summed E-state index contributed by atoms with van der Waals surface area (Å²) in [6.07, 6.45) is 0. The lowest BCUT2D eigenvalue weighted by Crippen LogP contribution is -1.97. The van der Waals surface area contributed by atoms with Gasteiger partial charge < -0.3 is 0 Å². The van der Waals surface area contributed by atoms with Crippen molar-refractivity contribution in [2.24, 2.45) is 0 Å². The molecule has 0 N–H and O–H groups in total. The number of carbonyl (C=O) groups excluding carboxylic acids is 1. The normalized spacial score (nSPS) is 10.4. The minimum Gasteiger partial charge on any atom is -0.289 e. The minimum atomic E-state index is 0.0995. The highest BCUT2D eigenvalue weighted by atomic mass is 79.9. The monoisotopic (exact) mass is 286 g/mol. The Kier molecular flexibility index (Phi) is 2.85. The van der Waals surface area contributed by atoms with Crippen LogP contribution < -0.4 is 0 Å². The van der Waals surface area contributed by atoms with Crippen LogP contribution in [0.2, 0.25) is 0 Å². The van der Waals surface area contributed by atoms with E-state index in [9.17, 15) is 4.79 Å². The quantitative estimate of drug-likeness (QED) is 0.760. The molecule has 72 valence electrons. The molecular formula is C10H7BrOS2. The van der Waals surface area contributed by atoms with E-state index in [-0.39, 0.29) is 5.78 Å². The predicted octanol–water partition coefficient (Wildman–Crippen LogP) is 4.11. The van der Waals surface area contributed by atoms with Crippen molar-refractivity contribution in [2.75, 3.05) is 0 Å². The average Bonchev–Trinajstić information content (AvgIpc) is 2.73. The van der Waals surface area contributed by atoms with Crippen LogP contribution in [0.15, 0.2) is 26.7 Å². The Morgan fingerprint density at radius 1 is 1.36 bits per heavy atom. The third kappa shape index (κ3) is 1.82. The number of hydrogen-bond donors (Lipinski definition) is 0. The largest absolute Gasteiger partial charge is 0.289 e. The van der Waals surface area contributed by atoms with Crippen LogP contribution >= 0.6 is 38.6 Å². The lowest BCUT2D eigenvalue weighted by Gasteiger charge is -1.94. The Balaban J connectivity index is 2.38. The fourth-order valence-corrected chi connectivity index (χ4v) is 3.30. The Hall–Kier alpha value is -0.450. The average molecular weight is 287 g/mol. The van der Waals surface area contributed by atoms with Crippen molar-refractivity contribution >= 4 is 44.4 Å². The van der Waals surface area contributed by atoms with Crippen LogP contribution in [0.25, 0.3) is 0 Å². The van der Waals surface area contributed by atoms with Gasteiger partial charge in [-0.2, -0.15) is 11.3 Å². The molecule has 0 amide bonds. The van der Waals surface area contributed by atoms with Crippen LogP contribution in [0.5, 0.6) is 0 Å². The van der Waals surface area contributed by atoms with Gasteiger partial charge in [-0.1, -0.05) is 0 Å². The molecule has 14 heavy (non-hydrogen) atoms. The third-order valence-corrected chi connectivity index (χ3v) is 4.42. The van der Waals surface area contributed by atoms with Crippen molar-refractivity contribution < 1.29 is 4.79 Å². The summed E-state index contributed by atoms with van der Waals surface area (Å²) in [5, 5.41) is 5.70. The standard InChI is InChI=1S/C10H7BrOS2/c1-6-2-7(3-14-6)10(12)8-4-13-5-9(8)11/h2-5H,1H3.